The van der Waals surface area contributed by atoms with Crippen LogP contribution in [-0.2, 0) is 9.59 Å². The van der Waals surface area contributed by atoms with Crippen molar-refractivity contribution in [3.8, 4) is 0 Å². The maximum atomic E-state index is 12.8. The van der Waals surface area contributed by atoms with E-state index in [2.05, 4.69) is 4.90 Å². The van der Waals surface area contributed by atoms with Crippen molar-refractivity contribution in [1.82, 2.24) is 9.80 Å². The number of rotatable bonds is 4. The van der Waals surface area contributed by atoms with E-state index in [1.807, 2.05) is 68.7 Å². The molecular weight excluding hydrogens is 314 g/mol. The smallest absolute Gasteiger partial charge is 0.241 e. The van der Waals surface area contributed by atoms with Crippen molar-refractivity contribution in [2.45, 2.75) is 34.6 Å². The zero-order chi connectivity index (χ0) is 18.6. The van der Waals surface area contributed by atoms with E-state index in [1.165, 1.54) is 0 Å². The summed E-state index contributed by atoms with van der Waals surface area (Å²) in [5.41, 5.74) is 1.75. The second kappa shape index (κ2) is 8.00. The minimum absolute atomic E-state index is 0.118. The zero-order valence-electron chi connectivity index (χ0n) is 16.2. The number of hydrogen-bond donors (Lipinski definition) is 0. The van der Waals surface area contributed by atoms with Crippen LogP contribution in [0.4, 0.5) is 5.69 Å². The average molecular weight is 345 g/mol. The summed E-state index contributed by atoms with van der Waals surface area (Å²) >= 11 is 0. The third-order valence-electron chi connectivity index (χ3n) is 4.68. The van der Waals surface area contributed by atoms with Crippen LogP contribution in [0.5, 0.6) is 0 Å². The summed E-state index contributed by atoms with van der Waals surface area (Å²) in [6.07, 6.45) is 0. The van der Waals surface area contributed by atoms with E-state index in [-0.39, 0.29) is 17.2 Å². The molecule has 0 aromatic heterocycles. The Balaban J connectivity index is 1.94. The number of aryl methyl sites for hydroxylation is 1. The Morgan fingerprint density at radius 1 is 1.08 bits per heavy atom. The number of benzene rings is 1. The molecule has 5 heteroatoms. The molecule has 0 unspecified atom stereocenters. The number of amides is 2. The van der Waals surface area contributed by atoms with Crippen LogP contribution in [-0.4, -0.2) is 60.9 Å². The van der Waals surface area contributed by atoms with E-state index >= 15 is 0 Å². The van der Waals surface area contributed by atoms with Crippen molar-refractivity contribution in [3.05, 3.63) is 29.8 Å². The number of hydrogen-bond acceptors (Lipinski definition) is 3. The maximum Gasteiger partial charge on any atom is 0.241 e. The molecule has 0 bridgehead atoms. The summed E-state index contributed by atoms with van der Waals surface area (Å²) in [6.45, 7) is 13.8. The van der Waals surface area contributed by atoms with Crippen molar-refractivity contribution < 1.29 is 9.59 Å². The maximum absolute atomic E-state index is 12.8. The van der Waals surface area contributed by atoms with Gasteiger partial charge >= 0.3 is 0 Å². The Bertz CT molecular complexity index is 614. The number of likely N-dealkylation sites (N-methyl/N-ethyl adjacent to an activating group) is 1. The van der Waals surface area contributed by atoms with Gasteiger partial charge in [0.2, 0.25) is 11.8 Å². The molecule has 1 fully saturated rings. The summed E-state index contributed by atoms with van der Waals surface area (Å²) in [5, 5.41) is 0. The molecule has 1 aliphatic rings. The number of anilines is 1. The molecule has 2 rings (SSSR count). The molecule has 0 spiro atoms. The van der Waals surface area contributed by atoms with Crippen molar-refractivity contribution >= 4 is 17.5 Å². The van der Waals surface area contributed by atoms with Gasteiger partial charge in [-0.15, -0.1) is 0 Å². The molecule has 0 atom stereocenters. The van der Waals surface area contributed by atoms with E-state index in [0.717, 1.165) is 24.3 Å². The van der Waals surface area contributed by atoms with Gasteiger partial charge in [-0.05, 0) is 25.5 Å². The normalized spacial score (nSPS) is 16.0. The number of carbonyl (C=O) groups is 2. The monoisotopic (exact) mass is 345 g/mol. The second-order valence-electron chi connectivity index (χ2n) is 7.74. The summed E-state index contributed by atoms with van der Waals surface area (Å²) < 4.78 is 0. The molecule has 1 saturated heterocycles. The number of nitrogens with zero attached hydrogens (tertiary/aromatic N) is 3. The van der Waals surface area contributed by atoms with Gasteiger partial charge < -0.3 is 9.80 Å². The van der Waals surface area contributed by atoms with Gasteiger partial charge in [-0.3, -0.25) is 14.5 Å². The summed E-state index contributed by atoms with van der Waals surface area (Å²) in [5.74, 6) is 0.306. The van der Waals surface area contributed by atoms with Crippen LogP contribution in [0.25, 0.3) is 0 Å². The Morgan fingerprint density at radius 3 is 2.20 bits per heavy atom. The first-order valence-electron chi connectivity index (χ1n) is 9.11. The van der Waals surface area contributed by atoms with Crippen molar-refractivity contribution in [3.63, 3.8) is 0 Å². The number of para-hydroxylation sites is 1. The van der Waals surface area contributed by atoms with E-state index in [0.29, 0.717) is 26.2 Å². The SMILES string of the molecule is CCN(C(=O)CN1CCN(C(=O)C(C)(C)C)CC1)c1ccccc1C. The zero-order valence-corrected chi connectivity index (χ0v) is 16.2. The molecule has 25 heavy (non-hydrogen) atoms. The van der Waals surface area contributed by atoms with Crippen LogP contribution in [0.3, 0.4) is 0 Å². The van der Waals surface area contributed by atoms with Crippen LogP contribution in [0.2, 0.25) is 0 Å². The van der Waals surface area contributed by atoms with Gasteiger partial charge in [-0.1, -0.05) is 39.0 Å². The summed E-state index contributed by atoms with van der Waals surface area (Å²) in [4.78, 5) is 31.0. The molecule has 1 aromatic rings. The van der Waals surface area contributed by atoms with Crippen LogP contribution < -0.4 is 4.90 Å². The molecule has 0 radical (unpaired) electrons. The minimum Gasteiger partial charge on any atom is -0.340 e. The third kappa shape index (κ3) is 4.82. The third-order valence-corrected chi connectivity index (χ3v) is 4.68. The van der Waals surface area contributed by atoms with Gasteiger partial charge in [0, 0.05) is 43.8 Å². The molecule has 0 aliphatic carbocycles. The molecule has 0 saturated carbocycles. The summed E-state index contributed by atoms with van der Waals surface area (Å²) in [7, 11) is 0. The lowest BCUT2D eigenvalue weighted by molar-refractivity contribution is -0.141. The highest BCUT2D eigenvalue weighted by Gasteiger charge is 2.30. The fraction of sp³-hybridized carbons (Fsp3) is 0.600. The van der Waals surface area contributed by atoms with Gasteiger partial charge in [0.1, 0.15) is 0 Å². The van der Waals surface area contributed by atoms with Gasteiger partial charge in [-0.2, -0.15) is 0 Å². The predicted molar refractivity (Wildman–Crippen MR) is 102 cm³/mol. The van der Waals surface area contributed by atoms with Gasteiger partial charge in [-0.25, -0.2) is 0 Å². The lowest BCUT2D eigenvalue weighted by atomic mass is 9.94. The van der Waals surface area contributed by atoms with E-state index in [4.69, 9.17) is 0 Å². The Hall–Kier alpha value is -1.88. The Labute approximate surface area is 151 Å². The van der Waals surface area contributed by atoms with Crippen LogP contribution in [0, 0.1) is 12.3 Å². The van der Waals surface area contributed by atoms with Crippen LogP contribution in [0.1, 0.15) is 33.3 Å². The molecule has 138 valence electrons. The highest BCUT2D eigenvalue weighted by molar-refractivity contribution is 5.95. The van der Waals surface area contributed by atoms with Crippen LogP contribution >= 0.6 is 0 Å². The molecule has 5 nitrogen and oxygen atoms in total. The lowest BCUT2D eigenvalue weighted by Crippen LogP contribution is -2.53. The van der Waals surface area contributed by atoms with Gasteiger partial charge in [0.15, 0.2) is 0 Å². The predicted octanol–water partition coefficient (Wildman–Crippen LogP) is 2.54. The standard InChI is InChI=1S/C20H31N3O2/c1-6-23(17-10-8-7-9-16(17)2)18(24)15-21-11-13-22(14-12-21)19(25)20(3,4)5/h7-10H,6,11-15H2,1-5H3. The van der Waals surface area contributed by atoms with Gasteiger partial charge in [0.05, 0.1) is 6.54 Å². The first kappa shape index (κ1) is 19.4. The van der Waals surface area contributed by atoms with Crippen molar-refractivity contribution in [2.24, 2.45) is 5.41 Å². The molecule has 1 heterocycles. The van der Waals surface area contributed by atoms with Crippen molar-refractivity contribution in [1.29, 1.82) is 0 Å². The highest BCUT2D eigenvalue weighted by atomic mass is 16.2. The molecule has 0 N–H and O–H groups in total. The van der Waals surface area contributed by atoms with Crippen LogP contribution in [0.15, 0.2) is 24.3 Å². The largest absolute Gasteiger partial charge is 0.340 e. The second-order valence-corrected chi connectivity index (χ2v) is 7.74. The van der Waals surface area contributed by atoms with Gasteiger partial charge in [0.25, 0.3) is 0 Å². The lowest BCUT2D eigenvalue weighted by Gasteiger charge is -2.38. The fourth-order valence-electron chi connectivity index (χ4n) is 3.21. The van der Waals surface area contributed by atoms with E-state index in [1.54, 1.807) is 0 Å². The fourth-order valence-corrected chi connectivity index (χ4v) is 3.21. The first-order chi connectivity index (χ1) is 11.7. The topological polar surface area (TPSA) is 43.9 Å². The minimum atomic E-state index is -0.345. The summed E-state index contributed by atoms with van der Waals surface area (Å²) in [6, 6.07) is 7.98. The quantitative estimate of drug-likeness (QED) is 0.842. The van der Waals surface area contributed by atoms with E-state index < -0.39 is 0 Å². The molecule has 1 aromatic carbocycles. The molecular formula is C20H31N3O2. The number of piperazine rings is 1. The first-order valence-corrected chi connectivity index (χ1v) is 9.11. The molecule has 2 amide bonds. The van der Waals surface area contributed by atoms with Crippen molar-refractivity contribution in [2.75, 3.05) is 44.2 Å². The number of carbonyl (C=O) groups excluding carboxylic acids is 2. The average Bonchev–Trinajstić information content (AvgIpc) is 2.56. The molecule has 1 aliphatic heterocycles. The Kier molecular flexibility index (Phi) is 6.22. The highest BCUT2D eigenvalue weighted by Crippen LogP contribution is 2.21. The van der Waals surface area contributed by atoms with E-state index in [9.17, 15) is 9.59 Å². The Morgan fingerprint density at radius 2 is 1.68 bits per heavy atom.